The van der Waals surface area contributed by atoms with Gasteiger partial charge in [-0.1, -0.05) is 0 Å². The van der Waals surface area contributed by atoms with Gasteiger partial charge in [0.15, 0.2) is 5.96 Å². The summed E-state index contributed by atoms with van der Waals surface area (Å²) < 4.78 is 5.35. The standard InChI is InChI=1S/C19H24N4OS2.HI/c1-3-20-19(21-10-8-15-5-4-12-24-15)22-11-9-16-6-7-18(26-16)17-13-25-14(2)23-17;/h4-7,12-13H,3,8-11H2,1-2H3,(H2,20,21,22);1H. The van der Waals surface area contributed by atoms with Crippen molar-refractivity contribution in [3.05, 3.63) is 51.6 Å². The summed E-state index contributed by atoms with van der Waals surface area (Å²) in [6.45, 7) is 6.51. The van der Waals surface area contributed by atoms with E-state index in [2.05, 4.69) is 45.0 Å². The van der Waals surface area contributed by atoms with Crippen LogP contribution in [0.15, 0.2) is 45.3 Å². The van der Waals surface area contributed by atoms with Crippen LogP contribution >= 0.6 is 46.7 Å². The van der Waals surface area contributed by atoms with Crippen molar-refractivity contribution in [3.63, 3.8) is 0 Å². The predicted octanol–water partition coefficient (Wildman–Crippen LogP) is 4.73. The van der Waals surface area contributed by atoms with E-state index in [0.717, 1.165) is 54.9 Å². The molecule has 27 heavy (non-hydrogen) atoms. The maximum Gasteiger partial charge on any atom is 0.191 e. The molecule has 0 saturated carbocycles. The molecular formula is C19H25IN4OS2. The smallest absolute Gasteiger partial charge is 0.191 e. The van der Waals surface area contributed by atoms with Gasteiger partial charge in [-0.3, -0.25) is 4.99 Å². The molecule has 0 aliphatic rings. The number of hydrogen-bond acceptors (Lipinski definition) is 5. The lowest BCUT2D eigenvalue weighted by atomic mass is 10.3. The van der Waals surface area contributed by atoms with Gasteiger partial charge < -0.3 is 15.1 Å². The summed E-state index contributed by atoms with van der Waals surface area (Å²) in [7, 11) is 0. The molecule has 5 nitrogen and oxygen atoms in total. The van der Waals surface area contributed by atoms with E-state index in [9.17, 15) is 0 Å². The second kappa shape index (κ2) is 11.5. The maximum atomic E-state index is 5.35. The highest BCUT2D eigenvalue weighted by Gasteiger charge is 2.06. The molecular weight excluding hydrogens is 491 g/mol. The molecule has 0 bridgehead atoms. The summed E-state index contributed by atoms with van der Waals surface area (Å²) in [6.07, 6.45) is 3.48. The summed E-state index contributed by atoms with van der Waals surface area (Å²) >= 11 is 3.49. The molecule has 2 N–H and O–H groups in total. The quantitative estimate of drug-likeness (QED) is 0.258. The Bertz CT molecular complexity index is 827. The third-order valence-electron chi connectivity index (χ3n) is 3.75. The number of aromatic nitrogens is 1. The number of rotatable bonds is 8. The summed E-state index contributed by atoms with van der Waals surface area (Å²) in [5.41, 5.74) is 1.08. The molecule has 0 radical (unpaired) electrons. The van der Waals surface area contributed by atoms with Crippen LogP contribution in [0.2, 0.25) is 0 Å². The lowest BCUT2D eigenvalue weighted by Crippen LogP contribution is -2.38. The number of thiazole rings is 1. The van der Waals surface area contributed by atoms with Crippen LogP contribution in [-0.4, -0.2) is 30.6 Å². The van der Waals surface area contributed by atoms with E-state index in [1.165, 1.54) is 9.75 Å². The van der Waals surface area contributed by atoms with Crippen LogP contribution in [0.1, 0.15) is 22.6 Å². The Labute approximate surface area is 185 Å². The first-order chi connectivity index (χ1) is 12.7. The topological polar surface area (TPSA) is 62.5 Å². The highest BCUT2D eigenvalue weighted by Crippen LogP contribution is 2.29. The first-order valence-electron chi connectivity index (χ1n) is 8.80. The SMILES string of the molecule is CCNC(=NCCc1ccc(-c2csc(C)n2)s1)NCCc1ccco1.I. The Morgan fingerprint density at radius 2 is 2.11 bits per heavy atom. The molecule has 0 saturated heterocycles. The van der Waals surface area contributed by atoms with Crippen LogP contribution in [-0.2, 0) is 12.8 Å². The summed E-state index contributed by atoms with van der Waals surface area (Å²) in [5.74, 6) is 1.84. The van der Waals surface area contributed by atoms with Crippen LogP contribution in [0.3, 0.4) is 0 Å². The number of halogens is 1. The van der Waals surface area contributed by atoms with E-state index in [0.29, 0.717) is 0 Å². The minimum absolute atomic E-state index is 0. The molecule has 3 aromatic rings. The molecule has 0 atom stereocenters. The number of hydrogen-bond donors (Lipinski definition) is 2. The molecule has 0 aliphatic heterocycles. The molecule has 146 valence electrons. The molecule has 3 heterocycles. The monoisotopic (exact) mass is 516 g/mol. The molecule has 3 rings (SSSR count). The normalized spacial score (nSPS) is 11.3. The third-order valence-corrected chi connectivity index (χ3v) is 5.69. The molecule has 8 heteroatoms. The van der Waals surface area contributed by atoms with Gasteiger partial charge in [-0.25, -0.2) is 4.98 Å². The van der Waals surface area contributed by atoms with E-state index >= 15 is 0 Å². The van der Waals surface area contributed by atoms with Crippen LogP contribution in [0, 0.1) is 6.92 Å². The number of guanidine groups is 1. The Morgan fingerprint density at radius 1 is 1.22 bits per heavy atom. The van der Waals surface area contributed by atoms with Gasteiger partial charge in [-0.05, 0) is 38.1 Å². The average Bonchev–Trinajstić information content (AvgIpc) is 3.36. The van der Waals surface area contributed by atoms with E-state index in [1.54, 1.807) is 28.9 Å². The van der Waals surface area contributed by atoms with Gasteiger partial charge in [0.2, 0.25) is 0 Å². The van der Waals surface area contributed by atoms with Gasteiger partial charge in [-0.2, -0.15) is 0 Å². The largest absolute Gasteiger partial charge is 0.469 e. The van der Waals surface area contributed by atoms with Crippen molar-refractivity contribution in [1.29, 1.82) is 0 Å². The predicted molar refractivity (Wildman–Crippen MR) is 126 cm³/mol. The van der Waals surface area contributed by atoms with E-state index < -0.39 is 0 Å². The molecule has 3 aromatic heterocycles. The van der Waals surface area contributed by atoms with Crippen molar-refractivity contribution in [1.82, 2.24) is 15.6 Å². The minimum Gasteiger partial charge on any atom is -0.469 e. The first-order valence-corrected chi connectivity index (χ1v) is 10.5. The Morgan fingerprint density at radius 3 is 2.81 bits per heavy atom. The number of nitrogens with zero attached hydrogens (tertiary/aromatic N) is 2. The lowest BCUT2D eigenvalue weighted by Gasteiger charge is -2.10. The molecule has 0 unspecified atom stereocenters. The van der Waals surface area contributed by atoms with Gasteiger partial charge in [-0.15, -0.1) is 46.7 Å². The van der Waals surface area contributed by atoms with Crippen molar-refractivity contribution < 1.29 is 4.42 Å². The van der Waals surface area contributed by atoms with Crippen LogP contribution in [0.25, 0.3) is 10.6 Å². The zero-order chi connectivity index (χ0) is 18.2. The molecule has 0 amide bonds. The molecule has 0 spiro atoms. The Kier molecular flexibility index (Phi) is 9.29. The average molecular weight is 516 g/mol. The van der Waals surface area contributed by atoms with Crippen molar-refractivity contribution in [2.45, 2.75) is 26.7 Å². The molecule has 0 aliphatic carbocycles. The van der Waals surface area contributed by atoms with Crippen molar-refractivity contribution >= 4 is 52.6 Å². The number of nitrogens with one attached hydrogen (secondary N) is 2. The van der Waals surface area contributed by atoms with Crippen LogP contribution in [0.5, 0.6) is 0 Å². The Hall–Kier alpha value is -1.39. The number of aryl methyl sites for hydroxylation is 1. The van der Waals surface area contributed by atoms with E-state index in [4.69, 9.17) is 4.42 Å². The number of thiophene rings is 1. The Balaban J connectivity index is 0.00000261. The fraction of sp³-hybridized carbons (Fsp3) is 0.368. The fourth-order valence-corrected chi connectivity index (χ4v) is 4.15. The summed E-state index contributed by atoms with van der Waals surface area (Å²) in [6, 6.07) is 8.24. The number of furan rings is 1. The van der Waals surface area contributed by atoms with Crippen molar-refractivity contribution in [2.24, 2.45) is 4.99 Å². The van der Waals surface area contributed by atoms with Crippen LogP contribution < -0.4 is 10.6 Å². The molecule has 0 aromatic carbocycles. The molecule has 0 fully saturated rings. The van der Waals surface area contributed by atoms with Gasteiger partial charge >= 0.3 is 0 Å². The van der Waals surface area contributed by atoms with Gasteiger partial charge in [0.25, 0.3) is 0 Å². The lowest BCUT2D eigenvalue weighted by molar-refractivity contribution is 0.507. The third kappa shape index (κ3) is 6.93. The van der Waals surface area contributed by atoms with Crippen molar-refractivity contribution in [2.75, 3.05) is 19.6 Å². The van der Waals surface area contributed by atoms with E-state index in [-0.39, 0.29) is 24.0 Å². The first kappa shape index (κ1) is 21.9. The highest BCUT2D eigenvalue weighted by molar-refractivity contribution is 14.0. The van der Waals surface area contributed by atoms with E-state index in [1.807, 2.05) is 19.1 Å². The van der Waals surface area contributed by atoms with Gasteiger partial charge in [0.05, 0.1) is 21.8 Å². The zero-order valence-electron chi connectivity index (χ0n) is 15.5. The second-order valence-corrected chi connectivity index (χ2v) is 8.02. The zero-order valence-corrected chi connectivity index (χ0v) is 19.5. The fourth-order valence-electron chi connectivity index (χ4n) is 2.51. The maximum absolute atomic E-state index is 5.35. The van der Waals surface area contributed by atoms with Crippen LogP contribution in [0.4, 0.5) is 0 Å². The van der Waals surface area contributed by atoms with Gasteiger partial charge in [0, 0.05) is 42.7 Å². The van der Waals surface area contributed by atoms with Crippen molar-refractivity contribution in [3.8, 4) is 10.6 Å². The minimum atomic E-state index is 0. The van der Waals surface area contributed by atoms with Gasteiger partial charge in [0.1, 0.15) is 5.76 Å². The second-order valence-electron chi connectivity index (χ2n) is 5.78. The highest BCUT2D eigenvalue weighted by atomic mass is 127. The summed E-state index contributed by atoms with van der Waals surface area (Å²) in [5, 5.41) is 9.87. The summed E-state index contributed by atoms with van der Waals surface area (Å²) in [4.78, 5) is 11.8. The number of aliphatic imine (C=N–C) groups is 1.